The molecule has 0 aromatic carbocycles. The number of carbonyl (C=O) groups is 2. The Morgan fingerprint density at radius 1 is 1.60 bits per heavy atom. The van der Waals surface area contributed by atoms with Crippen molar-refractivity contribution in [2.24, 2.45) is 0 Å². The Kier molecular flexibility index (Phi) is 3.49. The van der Waals surface area contributed by atoms with Gasteiger partial charge in [-0.1, -0.05) is 0 Å². The molecule has 1 aromatic heterocycles. The third-order valence-corrected chi connectivity index (χ3v) is 1.96. The fourth-order valence-corrected chi connectivity index (χ4v) is 1.24. The highest BCUT2D eigenvalue weighted by molar-refractivity contribution is 5.95. The zero-order chi connectivity index (χ0) is 11.4. The molecule has 1 amide bonds. The van der Waals surface area contributed by atoms with Gasteiger partial charge in [-0.2, -0.15) is 0 Å². The topological polar surface area (TPSA) is 79.5 Å². The Bertz CT molecular complexity index is 369. The number of hydrogen-bond donors (Lipinski definition) is 2. The second-order valence-corrected chi connectivity index (χ2v) is 3.36. The smallest absolute Gasteiger partial charge is 0.305 e. The Hall–Kier alpha value is -1.78. The lowest BCUT2D eigenvalue weighted by Gasteiger charge is -2.10. The zero-order valence-corrected chi connectivity index (χ0v) is 8.61. The van der Waals surface area contributed by atoms with E-state index in [9.17, 15) is 9.59 Å². The van der Waals surface area contributed by atoms with Gasteiger partial charge in [-0.3, -0.25) is 9.59 Å². The van der Waals surface area contributed by atoms with Gasteiger partial charge in [-0.05, 0) is 19.9 Å². The summed E-state index contributed by atoms with van der Waals surface area (Å²) in [6.07, 6.45) is 1.33. The summed E-state index contributed by atoms with van der Waals surface area (Å²) in [5.41, 5.74) is 0.437. The number of aliphatic carboxylic acids is 1. The van der Waals surface area contributed by atoms with Crippen LogP contribution in [0.2, 0.25) is 0 Å². The third-order valence-electron chi connectivity index (χ3n) is 1.96. The van der Waals surface area contributed by atoms with E-state index in [1.807, 2.05) is 0 Å². The normalized spacial score (nSPS) is 12.1. The van der Waals surface area contributed by atoms with Crippen LogP contribution in [-0.4, -0.2) is 23.0 Å². The van der Waals surface area contributed by atoms with Crippen molar-refractivity contribution in [3.05, 3.63) is 23.7 Å². The molecule has 5 heteroatoms. The van der Waals surface area contributed by atoms with Crippen molar-refractivity contribution >= 4 is 11.9 Å². The lowest BCUT2D eigenvalue weighted by atomic mass is 10.2. The van der Waals surface area contributed by atoms with Crippen LogP contribution in [0.4, 0.5) is 0 Å². The Balaban J connectivity index is 2.56. The quantitative estimate of drug-likeness (QED) is 0.783. The molecule has 1 unspecified atom stereocenters. The molecule has 0 bridgehead atoms. The predicted molar refractivity (Wildman–Crippen MR) is 52.6 cm³/mol. The van der Waals surface area contributed by atoms with E-state index < -0.39 is 12.0 Å². The number of hydrogen-bond acceptors (Lipinski definition) is 3. The number of carboxylic acid groups (broad SMARTS) is 1. The fourth-order valence-electron chi connectivity index (χ4n) is 1.24. The number of aryl methyl sites for hydroxylation is 1. The van der Waals surface area contributed by atoms with E-state index in [4.69, 9.17) is 9.52 Å². The molecular formula is C10H13NO4. The van der Waals surface area contributed by atoms with Crippen LogP contribution < -0.4 is 5.32 Å². The number of amides is 1. The van der Waals surface area contributed by atoms with Crippen LogP contribution in [-0.2, 0) is 4.79 Å². The van der Waals surface area contributed by atoms with E-state index in [2.05, 4.69) is 5.32 Å². The molecule has 82 valence electrons. The molecule has 0 saturated heterocycles. The minimum atomic E-state index is -0.938. The number of carboxylic acids is 1. The Morgan fingerprint density at radius 2 is 2.27 bits per heavy atom. The van der Waals surface area contributed by atoms with Gasteiger partial charge < -0.3 is 14.8 Å². The lowest BCUT2D eigenvalue weighted by Crippen LogP contribution is -2.34. The van der Waals surface area contributed by atoms with E-state index in [0.717, 1.165) is 0 Å². The highest BCUT2D eigenvalue weighted by Crippen LogP contribution is 2.08. The van der Waals surface area contributed by atoms with Gasteiger partial charge in [0.15, 0.2) is 0 Å². The highest BCUT2D eigenvalue weighted by Gasteiger charge is 2.15. The molecule has 0 spiro atoms. The van der Waals surface area contributed by atoms with Gasteiger partial charge in [0, 0.05) is 6.04 Å². The molecular weight excluding hydrogens is 198 g/mol. The van der Waals surface area contributed by atoms with Gasteiger partial charge in [-0.25, -0.2) is 0 Å². The monoisotopic (exact) mass is 211 g/mol. The molecule has 0 saturated carbocycles. The first-order chi connectivity index (χ1) is 7.00. The lowest BCUT2D eigenvalue weighted by molar-refractivity contribution is -0.137. The molecule has 1 heterocycles. The standard InChI is InChI=1S/C10H13NO4/c1-6(5-9(12)13)11-10(14)8-3-4-15-7(8)2/h3-4,6H,5H2,1-2H3,(H,11,14)(H,12,13). The molecule has 0 radical (unpaired) electrons. The maximum Gasteiger partial charge on any atom is 0.305 e. The maximum atomic E-state index is 11.6. The second kappa shape index (κ2) is 4.63. The van der Waals surface area contributed by atoms with E-state index in [-0.39, 0.29) is 12.3 Å². The van der Waals surface area contributed by atoms with E-state index in [1.54, 1.807) is 19.9 Å². The first kappa shape index (κ1) is 11.3. The molecule has 15 heavy (non-hydrogen) atoms. The van der Waals surface area contributed by atoms with Gasteiger partial charge in [0.05, 0.1) is 18.2 Å². The maximum absolute atomic E-state index is 11.6. The minimum Gasteiger partial charge on any atom is -0.481 e. The minimum absolute atomic E-state index is 0.0946. The van der Waals surface area contributed by atoms with Crippen molar-refractivity contribution in [1.82, 2.24) is 5.32 Å². The molecule has 1 atom stereocenters. The van der Waals surface area contributed by atoms with Crippen molar-refractivity contribution in [3.63, 3.8) is 0 Å². The summed E-state index contributed by atoms with van der Waals surface area (Å²) >= 11 is 0. The number of nitrogens with one attached hydrogen (secondary N) is 1. The van der Waals surface area contributed by atoms with Crippen LogP contribution in [0.5, 0.6) is 0 Å². The molecule has 0 aliphatic carbocycles. The first-order valence-corrected chi connectivity index (χ1v) is 4.57. The van der Waals surface area contributed by atoms with Gasteiger partial charge in [0.1, 0.15) is 5.76 Å². The molecule has 0 aliphatic heterocycles. The molecule has 1 rings (SSSR count). The van der Waals surface area contributed by atoms with Crippen LogP contribution in [0.3, 0.4) is 0 Å². The van der Waals surface area contributed by atoms with Crippen LogP contribution in [0.15, 0.2) is 16.7 Å². The van der Waals surface area contributed by atoms with Crippen molar-refractivity contribution in [3.8, 4) is 0 Å². The summed E-state index contributed by atoms with van der Waals surface area (Å²) in [5, 5.41) is 11.1. The van der Waals surface area contributed by atoms with Crippen molar-refractivity contribution in [1.29, 1.82) is 0 Å². The average molecular weight is 211 g/mol. The summed E-state index contributed by atoms with van der Waals surface area (Å²) in [6.45, 7) is 3.32. The molecule has 0 aliphatic rings. The molecule has 5 nitrogen and oxygen atoms in total. The van der Waals surface area contributed by atoms with E-state index in [0.29, 0.717) is 11.3 Å². The Labute approximate surface area is 87.1 Å². The van der Waals surface area contributed by atoms with E-state index in [1.165, 1.54) is 6.26 Å². The second-order valence-electron chi connectivity index (χ2n) is 3.36. The SMILES string of the molecule is Cc1occc1C(=O)NC(C)CC(=O)O. The predicted octanol–water partition coefficient (Wildman–Crippen LogP) is 1.18. The van der Waals surface area contributed by atoms with Crippen LogP contribution in [0, 0.1) is 6.92 Å². The summed E-state index contributed by atoms with van der Waals surface area (Å²) in [5.74, 6) is -0.725. The van der Waals surface area contributed by atoms with Crippen molar-refractivity contribution < 1.29 is 19.1 Å². The number of carbonyl (C=O) groups excluding carboxylic acids is 1. The summed E-state index contributed by atoms with van der Waals surface area (Å²) in [7, 11) is 0. The van der Waals surface area contributed by atoms with Crippen LogP contribution in [0.1, 0.15) is 29.5 Å². The summed E-state index contributed by atoms with van der Waals surface area (Å²) in [6, 6.07) is 1.15. The van der Waals surface area contributed by atoms with Crippen LogP contribution >= 0.6 is 0 Å². The summed E-state index contributed by atoms with van der Waals surface area (Å²) < 4.78 is 4.97. The fraction of sp³-hybridized carbons (Fsp3) is 0.400. The van der Waals surface area contributed by atoms with Gasteiger partial charge in [0.2, 0.25) is 0 Å². The molecule has 1 aromatic rings. The third kappa shape index (κ3) is 3.12. The van der Waals surface area contributed by atoms with Gasteiger partial charge in [0.25, 0.3) is 5.91 Å². The zero-order valence-electron chi connectivity index (χ0n) is 8.61. The van der Waals surface area contributed by atoms with Crippen molar-refractivity contribution in [2.75, 3.05) is 0 Å². The number of furan rings is 1. The van der Waals surface area contributed by atoms with E-state index >= 15 is 0 Å². The van der Waals surface area contributed by atoms with Gasteiger partial charge in [-0.15, -0.1) is 0 Å². The largest absolute Gasteiger partial charge is 0.481 e. The van der Waals surface area contributed by atoms with Gasteiger partial charge >= 0.3 is 5.97 Å². The average Bonchev–Trinajstić information content (AvgIpc) is 2.49. The summed E-state index contributed by atoms with van der Waals surface area (Å²) in [4.78, 5) is 21.9. The molecule has 2 N–H and O–H groups in total. The highest BCUT2D eigenvalue weighted by atomic mass is 16.4. The van der Waals surface area contributed by atoms with Crippen LogP contribution in [0.25, 0.3) is 0 Å². The molecule has 0 fully saturated rings. The van der Waals surface area contributed by atoms with Crippen molar-refractivity contribution in [2.45, 2.75) is 26.3 Å². The Morgan fingerprint density at radius 3 is 2.73 bits per heavy atom. The first-order valence-electron chi connectivity index (χ1n) is 4.57. The number of rotatable bonds is 4.